The Hall–Kier alpha value is -2.42. The first kappa shape index (κ1) is 20.8. The van der Waals surface area contributed by atoms with E-state index in [2.05, 4.69) is 9.97 Å². The molecule has 2 aromatic rings. The van der Waals surface area contributed by atoms with E-state index in [0.717, 1.165) is 44.2 Å². The Kier molecular flexibility index (Phi) is 5.81. The molecule has 2 atom stereocenters. The van der Waals surface area contributed by atoms with Crippen molar-refractivity contribution in [2.45, 2.75) is 56.7 Å². The van der Waals surface area contributed by atoms with Crippen LogP contribution in [0.1, 0.15) is 55.8 Å². The van der Waals surface area contributed by atoms with Gasteiger partial charge in [-0.3, -0.25) is 9.59 Å². The van der Waals surface area contributed by atoms with Gasteiger partial charge in [-0.2, -0.15) is 13.2 Å². The van der Waals surface area contributed by atoms with Crippen LogP contribution in [0.25, 0.3) is 10.9 Å². The molecule has 0 unspecified atom stereocenters. The Morgan fingerprint density at radius 3 is 2.80 bits per heavy atom. The molecule has 1 N–H and O–H groups in total. The standard InChI is InChI=1S/C21H24F3N3O3/c22-21(23,24)18-7-6-15-17(25-18)11-16(26-20(15)29)13-4-3-8-27(12-13)19(28)10-14-5-1-2-9-30-14/h6-7,11,13-14H,1-5,8-10,12H2,(H,26,29)/t13-,14+/m0/s1. The lowest BCUT2D eigenvalue weighted by Crippen LogP contribution is -2.41. The van der Waals surface area contributed by atoms with Crippen molar-refractivity contribution in [1.82, 2.24) is 14.9 Å². The number of nitrogens with zero attached hydrogens (tertiary/aromatic N) is 2. The average molecular weight is 423 g/mol. The lowest BCUT2D eigenvalue weighted by Gasteiger charge is -2.34. The van der Waals surface area contributed by atoms with Gasteiger partial charge in [-0.25, -0.2) is 4.98 Å². The zero-order valence-corrected chi connectivity index (χ0v) is 16.5. The molecule has 2 aromatic heterocycles. The normalized spacial score (nSPS) is 23.0. The molecule has 0 aromatic carbocycles. The van der Waals surface area contributed by atoms with E-state index in [0.29, 0.717) is 31.8 Å². The number of ether oxygens (including phenoxy) is 1. The van der Waals surface area contributed by atoms with E-state index in [-0.39, 0.29) is 28.8 Å². The predicted octanol–water partition coefficient (Wildman–Crippen LogP) is 3.61. The number of piperidine rings is 1. The van der Waals surface area contributed by atoms with Crippen LogP contribution in [0, 0.1) is 0 Å². The zero-order valence-electron chi connectivity index (χ0n) is 16.5. The molecule has 9 heteroatoms. The number of aromatic amines is 1. The summed E-state index contributed by atoms with van der Waals surface area (Å²) in [6, 6.07) is 3.47. The number of aromatic nitrogens is 2. The van der Waals surface area contributed by atoms with Crippen molar-refractivity contribution < 1.29 is 22.7 Å². The van der Waals surface area contributed by atoms with E-state index in [4.69, 9.17) is 4.74 Å². The van der Waals surface area contributed by atoms with Gasteiger partial charge >= 0.3 is 6.18 Å². The molecule has 4 rings (SSSR count). The number of nitrogens with one attached hydrogen (secondary N) is 1. The number of amides is 1. The molecule has 6 nitrogen and oxygen atoms in total. The minimum Gasteiger partial charge on any atom is -0.378 e. The third-order valence-electron chi connectivity index (χ3n) is 5.90. The van der Waals surface area contributed by atoms with Crippen LogP contribution in [0.3, 0.4) is 0 Å². The number of carbonyl (C=O) groups is 1. The molecular weight excluding hydrogens is 399 g/mol. The van der Waals surface area contributed by atoms with Crippen LogP contribution in [0.2, 0.25) is 0 Å². The van der Waals surface area contributed by atoms with Gasteiger partial charge in [-0.15, -0.1) is 0 Å². The number of fused-ring (bicyclic) bond motifs is 1. The van der Waals surface area contributed by atoms with Crippen molar-refractivity contribution in [3.63, 3.8) is 0 Å². The van der Waals surface area contributed by atoms with Crippen LogP contribution in [0.15, 0.2) is 23.0 Å². The third kappa shape index (κ3) is 4.50. The summed E-state index contributed by atoms with van der Waals surface area (Å²) < 4.78 is 44.7. The molecule has 0 saturated carbocycles. The van der Waals surface area contributed by atoms with Crippen molar-refractivity contribution in [2.24, 2.45) is 0 Å². The first-order valence-electron chi connectivity index (χ1n) is 10.3. The second-order valence-electron chi connectivity index (χ2n) is 8.05. The summed E-state index contributed by atoms with van der Waals surface area (Å²) in [6.45, 7) is 1.74. The minimum absolute atomic E-state index is 0.0163. The summed E-state index contributed by atoms with van der Waals surface area (Å²) in [7, 11) is 0. The predicted molar refractivity (Wildman–Crippen MR) is 104 cm³/mol. The second-order valence-corrected chi connectivity index (χ2v) is 8.05. The molecule has 1 amide bonds. The number of hydrogen-bond donors (Lipinski definition) is 1. The summed E-state index contributed by atoms with van der Waals surface area (Å²) in [6.07, 6.45) is 0.193. The number of likely N-dealkylation sites (tertiary alicyclic amines) is 1. The topological polar surface area (TPSA) is 75.3 Å². The van der Waals surface area contributed by atoms with Crippen LogP contribution in [-0.2, 0) is 15.7 Å². The number of H-pyrrole nitrogens is 1. The highest BCUT2D eigenvalue weighted by atomic mass is 19.4. The Balaban J connectivity index is 1.53. The quantitative estimate of drug-likeness (QED) is 0.819. The number of carbonyl (C=O) groups excluding carboxylic acids is 1. The summed E-state index contributed by atoms with van der Waals surface area (Å²) in [5.41, 5.74) is -0.962. The summed E-state index contributed by atoms with van der Waals surface area (Å²) in [4.78, 5) is 33.3. The van der Waals surface area contributed by atoms with Crippen molar-refractivity contribution in [3.05, 3.63) is 39.9 Å². The SMILES string of the molecule is O=C(C[C@H]1CCCCO1)N1CCC[C@H](c2cc3nc(C(F)(F)F)ccc3c(=O)[nH]2)C1. The van der Waals surface area contributed by atoms with Crippen LogP contribution in [0.5, 0.6) is 0 Å². The van der Waals surface area contributed by atoms with Gasteiger partial charge < -0.3 is 14.6 Å². The molecule has 2 aliphatic rings. The highest BCUT2D eigenvalue weighted by molar-refractivity contribution is 5.78. The van der Waals surface area contributed by atoms with Crippen molar-refractivity contribution >= 4 is 16.8 Å². The van der Waals surface area contributed by atoms with Gasteiger partial charge in [-0.05, 0) is 50.3 Å². The highest BCUT2D eigenvalue weighted by Crippen LogP contribution is 2.30. The number of halogens is 3. The average Bonchev–Trinajstić information content (AvgIpc) is 2.73. The fourth-order valence-electron chi connectivity index (χ4n) is 4.29. The molecule has 0 aliphatic carbocycles. The first-order chi connectivity index (χ1) is 14.3. The molecule has 30 heavy (non-hydrogen) atoms. The van der Waals surface area contributed by atoms with Crippen LogP contribution < -0.4 is 5.56 Å². The summed E-state index contributed by atoms with van der Waals surface area (Å²) in [5.74, 6) is -0.129. The van der Waals surface area contributed by atoms with Crippen LogP contribution in [-0.4, -0.2) is 46.6 Å². The minimum atomic E-state index is -4.58. The lowest BCUT2D eigenvalue weighted by atomic mass is 9.93. The highest BCUT2D eigenvalue weighted by Gasteiger charge is 2.33. The molecule has 162 valence electrons. The molecule has 2 fully saturated rings. The van der Waals surface area contributed by atoms with Gasteiger partial charge in [-0.1, -0.05) is 0 Å². The van der Waals surface area contributed by atoms with E-state index in [1.165, 1.54) is 6.07 Å². The van der Waals surface area contributed by atoms with Gasteiger partial charge in [0.05, 0.1) is 23.4 Å². The maximum Gasteiger partial charge on any atom is 0.433 e. The summed E-state index contributed by atoms with van der Waals surface area (Å²) >= 11 is 0. The lowest BCUT2D eigenvalue weighted by molar-refractivity contribution is -0.141. The number of pyridine rings is 2. The molecular formula is C21H24F3N3O3. The van der Waals surface area contributed by atoms with Gasteiger partial charge in [0.15, 0.2) is 0 Å². The van der Waals surface area contributed by atoms with Crippen LogP contribution in [0.4, 0.5) is 13.2 Å². The van der Waals surface area contributed by atoms with E-state index < -0.39 is 17.4 Å². The van der Waals surface area contributed by atoms with Crippen molar-refractivity contribution in [2.75, 3.05) is 19.7 Å². The largest absolute Gasteiger partial charge is 0.433 e. The Morgan fingerprint density at radius 2 is 2.07 bits per heavy atom. The maximum absolute atomic E-state index is 13.0. The number of hydrogen-bond acceptors (Lipinski definition) is 4. The first-order valence-corrected chi connectivity index (χ1v) is 10.3. The summed E-state index contributed by atoms with van der Waals surface area (Å²) in [5, 5.41) is 0.116. The van der Waals surface area contributed by atoms with Gasteiger partial charge in [0, 0.05) is 31.3 Å². The fraction of sp³-hybridized carbons (Fsp3) is 0.571. The zero-order chi connectivity index (χ0) is 21.3. The maximum atomic E-state index is 13.0. The van der Waals surface area contributed by atoms with E-state index in [1.807, 2.05) is 0 Å². The van der Waals surface area contributed by atoms with Gasteiger partial charge in [0.25, 0.3) is 5.56 Å². The monoisotopic (exact) mass is 423 g/mol. The smallest absolute Gasteiger partial charge is 0.378 e. The Morgan fingerprint density at radius 1 is 1.23 bits per heavy atom. The van der Waals surface area contributed by atoms with E-state index in [9.17, 15) is 22.8 Å². The van der Waals surface area contributed by atoms with Crippen molar-refractivity contribution in [3.8, 4) is 0 Å². The second kappa shape index (κ2) is 8.37. The van der Waals surface area contributed by atoms with Gasteiger partial charge in [0.2, 0.25) is 5.91 Å². The number of alkyl halides is 3. The molecule has 4 heterocycles. The molecule has 0 radical (unpaired) electrons. The molecule has 2 saturated heterocycles. The van der Waals surface area contributed by atoms with Crippen molar-refractivity contribution in [1.29, 1.82) is 0 Å². The number of rotatable bonds is 3. The molecule has 2 aliphatic heterocycles. The van der Waals surface area contributed by atoms with Gasteiger partial charge in [0.1, 0.15) is 5.69 Å². The van der Waals surface area contributed by atoms with E-state index in [1.54, 1.807) is 4.90 Å². The Labute approximate surface area is 171 Å². The molecule has 0 spiro atoms. The Bertz CT molecular complexity index is 983. The fourth-order valence-corrected chi connectivity index (χ4v) is 4.29. The third-order valence-corrected chi connectivity index (χ3v) is 5.90. The van der Waals surface area contributed by atoms with Crippen LogP contribution >= 0.6 is 0 Å². The van der Waals surface area contributed by atoms with E-state index >= 15 is 0 Å². The molecule has 0 bridgehead atoms.